The van der Waals surface area contributed by atoms with Crippen LogP contribution in [-0.4, -0.2) is 13.1 Å². The zero-order valence-electron chi connectivity index (χ0n) is 8.33. The highest BCUT2D eigenvalue weighted by atomic mass is 16.5. The lowest BCUT2D eigenvalue weighted by Gasteiger charge is -2.08. The van der Waals surface area contributed by atoms with Crippen molar-refractivity contribution in [3.8, 4) is 0 Å². The minimum Gasteiger partial charge on any atom is -0.465 e. The van der Waals surface area contributed by atoms with Crippen LogP contribution in [-0.2, 0) is 11.3 Å². The van der Waals surface area contributed by atoms with E-state index in [4.69, 9.17) is 11.5 Å². The fraction of sp³-hybridized carbons (Fsp3) is 0.300. The van der Waals surface area contributed by atoms with Gasteiger partial charge in [-0.2, -0.15) is 0 Å². The topological polar surface area (TPSA) is 78.3 Å². The van der Waals surface area contributed by atoms with Crippen LogP contribution in [0.1, 0.15) is 21.5 Å². The first kappa shape index (κ1) is 10.5. The molecule has 0 unspecified atom stereocenters. The van der Waals surface area contributed by atoms with E-state index in [0.29, 0.717) is 17.8 Å². The van der Waals surface area contributed by atoms with Gasteiger partial charge >= 0.3 is 5.97 Å². The zero-order chi connectivity index (χ0) is 10.7. The Kier molecular flexibility index (Phi) is 3.09. The molecule has 0 aliphatic heterocycles. The second-order valence-electron chi connectivity index (χ2n) is 3.06. The van der Waals surface area contributed by atoms with Crippen LogP contribution in [0.2, 0.25) is 0 Å². The summed E-state index contributed by atoms with van der Waals surface area (Å²) in [5.41, 5.74) is 13.9. The number of nitrogen functional groups attached to an aromatic ring is 1. The Bertz CT molecular complexity index is 361. The van der Waals surface area contributed by atoms with Gasteiger partial charge in [0.15, 0.2) is 0 Å². The lowest BCUT2D eigenvalue weighted by Crippen LogP contribution is -2.09. The first-order chi connectivity index (χ1) is 6.60. The van der Waals surface area contributed by atoms with Crippen molar-refractivity contribution in [2.45, 2.75) is 13.5 Å². The van der Waals surface area contributed by atoms with Gasteiger partial charge in [-0.15, -0.1) is 0 Å². The van der Waals surface area contributed by atoms with E-state index in [9.17, 15) is 4.79 Å². The quantitative estimate of drug-likeness (QED) is 0.539. The maximum atomic E-state index is 11.3. The van der Waals surface area contributed by atoms with E-state index in [-0.39, 0.29) is 0 Å². The molecule has 1 rings (SSSR count). The largest absolute Gasteiger partial charge is 0.465 e. The van der Waals surface area contributed by atoms with Gasteiger partial charge in [0.1, 0.15) is 0 Å². The highest BCUT2D eigenvalue weighted by Gasteiger charge is 2.11. The van der Waals surface area contributed by atoms with E-state index in [1.807, 2.05) is 6.92 Å². The number of aryl methyl sites for hydroxylation is 1. The van der Waals surface area contributed by atoms with Crippen LogP contribution in [0, 0.1) is 6.92 Å². The van der Waals surface area contributed by atoms with E-state index in [0.717, 1.165) is 11.1 Å². The van der Waals surface area contributed by atoms with Crippen molar-refractivity contribution in [2.24, 2.45) is 5.73 Å². The Balaban J connectivity index is 3.24. The molecule has 0 aliphatic rings. The Morgan fingerprint density at radius 3 is 2.64 bits per heavy atom. The number of rotatable bonds is 2. The molecule has 0 saturated carbocycles. The van der Waals surface area contributed by atoms with Gasteiger partial charge in [-0.3, -0.25) is 0 Å². The molecule has 4 nitrogen and oxygen atoms in total. The maximum absolute atomic E-state index is 11.3. The average Bonchev–Trinajstić information content (AvgIpc) is 2.17. The zero-order valence-corrected chi connectivity index (χ0v) is 8.33. The van der Waals surface area contributed by atoms with Crippen molar-refractivity contribution >= 4 is 11.7 Å². The number of carbonyl (C=O) groups is 1. The minimum atomic E-state index is -0.433. The molecule has 0 aliphatic carbocycles. The van der Waals surface area contributed by atoms with E-state index >= 15 is 0 Å². The van der Waals surface area contributed by atoms with Crippen LogP contribution in [0.25, 0.3) is 0 Å². The second-order valence-corrected chi connectivity index (χ2v) is 3.06. The molecule has 0 radical (unpaired) electrons. The highest BCUT2D eigenvalue weighted by molar-refractivity contribution is 5.95. The van der Waals surface area contributed by atoms with Gasteiger partial charge in [0.05, 0.1) is 12.7 Å². The van der Waals surface area contributed by atoms with Gasteiger partial charge in [-0.05, 0) is 30.2 Å². The number of hydrogen-bond donors (Lipinski definition) is 2. The number of ether oxygens (including phenoxy) is 1. The fourth-order valence-corrected chi connectivity index (χ4v) is 1.28. The van der Waals surface area contributed by atoms with Gasteiger partial charge in [0.2, 0.25) is 0 Å². The molecule has 1 aromatic rings. The van der Waals surface area contributed by atoms with Crippen LogP contribution < -0.4 is 11.5 Å². The minimum absolute atomic E-state index is 0.374. The molecule has 0 fully saturated rings. The number of carbonyl (C=O) groups excluding carboxylic acids is 1. The molecule has 0 atom stereocenters. The van der Waals surface area contributed by atoms with Crippen molar-refractivity contribution in [3.63, 3.8) is 0 Å². The Morgan fingerprint density at radius 2 is 2.14 bits per heavy atom. The number of hydrogen-bond acceptors (Lipinski definition) is 4. The Morgan fingerprint density at radius 1 is 1.50 bits per heavy atom. The molecule has 0 saturated heterocycles. The monoisotopic (exact) mass is 194 g/mol. The second kappa shape index (κ2) is 4.11. The van der Waals surface area contributed by atoms with Crippen molar-refractivity contribution in [1.29, 1.82) is 0 Å². The SMILES string of the molecule is COC(=O)c1cc(CN)c(C)cc1N. The summed E-state index contributed by atoms with van der Waals surface area (Å²) in [6.45, 7) is 2.29. The Hall–Kier alpha value is -1.55. The summed E-state index contributed by atoms with van der Waals surface area (Å²) in [4.78, 5) is 11.3. The molecule has 0 heterocycles. The van der Waals surface area contributed by atoms with Gasteiger partial charge in [-0.25, -0.2) is 4.79 Å². The molecule has 0 amide bonds. The number of esters is 1. The molecule has 4 N–H and O–H groups in total. The first-order valence-electron chi connectivity index (χ1n) is 4.27. The number of nitrogens with two attached hydrogens (primary N) is 2. The molecule has 1 aromatic carbocycles. The highest BCUT2D eigenvalue weighted by Crippen LogP contribution is 2.19. The summed E-state index contributed by atoms with van der Waals surface area (Å²) < 4.78 is 4.60. The lowest BCUT2D eigenvalue weighted by molar-refractivity contribution is 0.0602. The molecule has 0 bridgehead atoms. The van der Waals surface area contributed by atoms with Crippen molar-refractivity contribution in [2.75, 3.05) is 12.8 Å². The average molecular weight is 194 g/mol. The summed E-state index contributed by atoms with van der Waals surface area (Å²) in [6.07, 6.45) is 0. The maximum Gasteiger partial charge on any atom is 0.339 e. The number of methoxy groups -OCH3 is 1. The summed E-state index contributed by atoms with van der Waals surface area (Å²) in [6, 6.07) is 3.41. The predicted molar refractivity (Wildman–Crippen MR) is 54.8 cm³/mol. The standard InChI is InChI=1S/C10H14N2O2/c1-6-3-9(12)8(10(13)14-2)4-7(6)5-11/h3-4H,5,11-12H2,1-2H3. The smallest absolute Gasteiger partial charge is 0.339 e. The summed E-state index contributed by atoms with van der Waals surface area (Å²) in [5, 5.41) is 0. The van der Waals surface area contributed by atoms with Crippen LogP contribution >= 0.6 is 0 Å². The van der Waals surface area contributed by atoms with Gasteiger partial charge in [0.25, 0.3) is 0 Å². The summed E-state index contributed by atoms with van der Waals surface area (Å²) in [5.74, 6) is -0.433. The van der Waals surface area contributed by atoms with Gasteiger partial charge < -0.3 is 16.2 Å². The van der Waals surface area contributed by atoms with Gasteiger partial charge in [0, 0.05) is 12.2 Å². The molecule has 4 heteroatoms. The number of benzene rings is 1. The molecule has 76 valence electrons. The van der Waals surface area contributed by atoms with E-state index < -0.39 is 5.97 Å². The first-order valence-corrected chi connectivity index (χ1v) is 4.27. The lowest BCUT2D eigenvalue weighted by atomic mass is 10.0. The van der Waals surface area contributed by atoms with Crippen molar-refractivity contribution in [3.05, 3.63) is 28.8 Å². The van der Waals surface area contributed by atoms with Crippen LogP contribution in [0.4, 0.5) is 5.69 Å². The van der Waals surface area contributed by atoms with Crippen molar-refractivity contribution in [1.82, 2.24) is 0 Å². The fourth-order valence-electron chi connectivity index (χ4n) is 1.28. The van der Waals surface area contributed by atoms with E-state index in [2.05, 4.69) is 4.74 Å². The third-order valence-corrected chi connectivity index (χ3v) is 2.13. The third kappa shape index (κ3) is 1.85. The molecule has 0 spiro atoms. The summed E-state index contributed by atoms with van der Waals surface area (Å²) in [7, 11) is 1.32. The molecule has 14 heavy (non-hydrogen) atoms. The number of anilines is 1. The third-order valence-electron chi connectivity index (χ3n) is 2.13. The van der Waals surface area contributed by atoms with Crippen LogP contribution in [0.5, 0.6) is 0 Å². The van der Waals surface area contributed by atoms with E-state index in [1.165, 1.54) is 7.11 Å². The Labute approximate surface area is 82.8 Å². The molecular formula is C10H14N2O2. The van der Waals surface area contributed by atoms with Crippen LogP contribution in [0.15, 0.2) is 12.1 Å². The van der Waals surface area contributed by atoms with Crippen LogP contribution in [0.3, 0.4) is 0 Å². The normalized spacial score (nSPS) is 9.93. The molecular weight excluding hydrogens is 180 g/mol. The predicted octanol–water partition coefficient (Wildman–Crippen LogP) is 0.823. The summed E-state index contributed by atoms with van der Waals surface area (Å²) >= 11 is 0. The molecule has 0 aromatic heterocycles. The van der Waals surface area contributed by atoms with Gasteiger partial charge in [-0.1, -0.05) is 0 Å². The van der Waals surface area contributed by atoms with E-state index in [1.54, 1.807) is 12.1 Å². The van der Waals surface area contributed by atoms with Crippen molar-refractivity contribution < 1.29 is 9.53 Å².